The summed E-state index contributed by atoms with van der Waals surface area (Å²) < 4.78 is 28.6. The molecule has 4 aromatic rings. The number of carbonyl (C=O) groups excluding carboxylic acids is 1. The SMILES string of the molecule is C=Cc1nn(-c2ccc(NC(=O)C(O)c3cc(F)cc(F)c3)cc2C)c2c(N=CN(C)C)ncnc12. The van der Waals surface area contributed by atoms with Gasteiger partial charge in [0.25, 0.3) is 5.91 Å². The van der Waals surface area contributed by atoms with Gasteiger partial charge in [0.1, 0.15) is 34.7 Å². The highest BCUT2D eigenvalue weighted by molar-refractivity contribution is 5.95. The van der Waals surface area contributed by atoms with Crippen LogP contribution in [0.3, 0.4) is 0 Å². The van der Waals surface area contributed by atoms with Crippen LogP contribution in [-0.2, 0) is 4.79 Å². The second-order valence-corrected chi connectivity index (χ2v) is 8.20. The number of hydrogen-bond donors (Lipinski definition) is 2. The molecule has 0 aliphatic rings. The van der Waals surface area contributed by atoms with Crippen molar-refractivity contribution in [2.45, 2.75) is 13.0 Å². The number of aliphatic hydroxyl groups excluding tert-OH is 1. The Morgan fingerprint density at radius 1 is 1.19 bits per heavy atom. The summed E-state index contributed by atoms with van der Waals surface area (Å²) in [5.74, 6) is -2.20. The van der Waals surface area contributed by atoms with Gasteiger partial charge in [0.05, 0.1) is 12.0 Å². The van der Waals surface area contributed by atoms with E-state index >= 15 is 0 Å². The van der Waals surface area contributed by atoms with E-state index in [4.69, 9.17) is 0 Å². The van der Waals surface area contributed by atoms with Crippen LogP contribution < -0.4 is 5.32 Å². The molecule has 11 heteroatoms. The Kier molecular flexibility index (Phi) is 6.84. The average Bonchev–Trinajstić information content (AvgIpc) is 3.21. The molecule has 2 aromatic heterocycles. The number of nitrogens with one attached hydrogen (secondary N) is 1. The number of anilines is 1. The van der Waals surface area contributed by atoms with Crippen LogP contribution in [0.25, 0.3) is 22.8 Å². The molecule has 2 heterocycles. The zero-order valence-corrected chi connectivity index (χ0v) is 19.8. The molecule has 0 spiro atoms. The first-order valence-electron chi connectivity index (χ1n) is 10.8. The molecule has 1 atom stereocenters. The van der Waals surface area contributed by atoms with Gasteiger partial charge in [0.2, 0.25) is 0 Å². The lowest BCUT2D eigenvalue weighted by Crippen LogP contribution is -2.21. The largest absolute Gasteiger partial charge is 0.378 e. The van der Waals surface area contributed by atoms with E-state index in [9.17, 15) is 18.7 Å². The molecule has 184 valence electrons. The van der Waals surface area contributed by atoms with Crippen LogP contribution in [0.2, 0.25) is 0 Å². The maximum atomic E-state index is 13.5. The van der Waals surface area contributed by atoms with E-state index < -0.39 is 23.6 Å². The smallest absolute Gasteiger partial charge is 0.257 e. The first kappa shape index (κ1) is 24.6. The number of rotatable bonds is 7. The number of aromatic nitrogens is 4. The van der Waals surface area contributed by atoms with E-state index in [0.717, 1.165) is 17.7 Å². The van der Waals surface area contributed by atoms with E-state index in [0.29, 0.717) is 40.0 Å². The minimum absolute atomic E-state index is 0.191. The van der Waals surface area contributed by atoms with Gasteiger partial charge in [-0.15, -0.1) is 0 Å². The van der Waals surface area contributed by atoms with Crippen molar-refractivity contribution in [3.8, 4) is 5.69 Å². The standard InChI is InChI=1S/C25H23F2N7O2/c1-5-19-21-22(24(29-12-28-21)30-13-33(3)4)34(32-19)20-7-6-18(8-14(20)2)31-25(36)23(35)15-9-16(26)11-17(27)10-15/h5-13,23,35H,1H2,2-4H3,(H,31,36). The average molecular weight is 492 g/mol. The van der Waals surface area contributed by atoms with Crippen LogP contribution in [-0.4, -0.2) is 56.1 Å². The number of aliphatic imine (C=N–C) groups is 1. The topological polar surface area (TPSA) is 109 Å². The number of hydrogen-bond acceptors (Lipinski definition) is 6. The second-order valence-electron chi connectivity index (χ2n) is 8.20. The van der Waals surface area contributed by atoms with Crippen molar-refractivity contribution in [1.82, 2.24) is 24.6 Å². The Morgan fingerprint density at radius 2 is 1.92 bits per heavy atom. The summed E-state index contributed by atoms with van der Waals surface area (Å²) in [6.45, 7) is 5.63. The predicted molar refractivity (Wildman–Crippen MR) is 133 cm³/mol. The van der Waals surface area contributed by atoms with Crippen LogP contribution in [0, 0.1) is 18.6 Å². The van der Waals surface area contributed by atoms with Crippen LogP contribution in [0.15, 0.2) is 54.3 Å². The number of fused-ring (bicyclic) bond motifs is 1. The number of amides is 1. The molecular formula is C25H23F2N7O2. The number of nitrogens with zero attached hydrogens (tertiary/aromatic N) is 6. The van der Waals surface area contributed by atoms with E-state index in [-0.39, 0.29) is 5.56 Å². The third kappa shape index (κ3) is 4.96. The van der Waals surface area contributed by atoms with E-state index in [1.165, 1.54) is 6.33 Å². The molecule has 0 aliphatic heterocycles. The maximum absolute atomic E-state index is 13.5. The lowest BCUT2D eigenvalue weighted by Gasteiger charge is -2.14. The molecule has 1 unspecified atom stereocenters. The number of aliphatic hydroxyl groups is 1. The fourth-order valence-corrected chi connectivity index (χ4v) is 3.60. The highest BCUT2D eigenvalue weighted by atomic mass is 19.1. The summed E-state index contributed by atoms with van der Waals surface area (Å²) in [5.41, 5.74) is 3.29. The van der Waals surface area contributed by atoms with Crippen molar-refractivity contribution in [2.75, 3.05) is 19.4 Å². The molecule has 2 N–H and O–H groups in total. The van der Waals surface area contributed by atoms with Crippen molar-refractivity contribution >= 4 is 40.9 Å². The van der Waals surface area contributed by atoms with Gasteiger partial charge >= 0.3 is 0 Å². The Morgan fingerprint density at radius 3 is 2.56 bits per heavy atom. The number of carbonyl (C=O) groups is 1. The highest BCUT2D eigenvalue weighted by Gasteiger charge is 2.21. The zero-order valence-electron chi connectivity index (χ0n) is 19.8. The third-order valence-electron chi connectivity index (χ3n) is 5.21. The van der Waals surface area contributed by atoms with E-state index in [1.807, 2.05) is 21.0 Å². The van der Waals surface area contributed by atoms with E-state index in [2.05, 4.69) is 32.0 Å². The van der Waals surface area contributed by atoms with Crippen molar-refractivity contribution in [1.29, 1.82) is 0 Å². The fraction of sp³-hybridized carbons (Fsp3) is 0.160. The molecule has 0 fully saturated rings. The molecule has 2 aromatic carbocycles. The summed E-state index contributed by atoms with van der Waals surface area (Å²) in [4.78, 5) is 27.4. The molecule has 0 aliphatic carbocycles. The maximum Gasteiger partial charge on any atom is 0.257 e. The minimum atomic E-state index is -1.75. The van der Waals surface area contributed by atoms with E-state index in [1.54, 1.807) is 40.2 Å². The summed E-state index contributed by atoms with van der Waals surface area (Å²) >= 11 is 0. The third-order valence-corrected chi connectivity index (χ3v) is 5.21. The molecule has 0 saturated heterocycles. The van der Waals surface area contributed by atoms with Gasteiger partial charge in [0, 0.05) is 25.8 Å². The molecule has 9 nitrogen and oxygen atoms in total. The van der Waals surface area contributed by atoms with Gasteiger partial charge in [-0.25, -0.2) is 28.4 Å². The second kappa shape index (κ2) is 10.0. The molecular weight excluding hydrogens is 468 g/mol. The van der Waals surface area contributed by atoms with Gasteiger partial charge in [0.15, 0.2) is 11.9 Å². The molecule has 0 saturated carbocycles. The first-order valence-corrected chi connectivity index (χ1v) is 10.8. The predicted octanol–water partition coefficient (Wildman–Crippen LogP) is 3.94. The highest BCUT2D eigenvalue weighted by Crippen LogP contribution is 2.30. The van der Waals surface area contributed by atoms with Gasteiger partial charge in [-0.3, -0.25) is 4.79 Å². The first-order chi connectivity index (χ1) is 17.2. The summed E-state index contributed by atoms with van der Waals surface area (Å²) in [6, 6.07) is 7.49. The molecule has 36 heavy (non-hydrogen) atoms. The van der Waals surface area contributed by atoms with Crippen molar-refractivity contribution < 1.29 is 18.7 Å². The fourth-order valence-electron chi connectivity index (χ4n) is 3.60. The van der Waals surface area contributed by atoms with Crippen molar-refractivity contribution in [3.05, 3.63) is 77.8 Å². The Bertz CT molecular complexity index is 1480. The van der Waals surface area contributed by atoms with Gasteiger partial charge in [-0.1, -0.05) is 6.58 Å². The monoisotopic (exact) mass is 491 g/mol. The normalized spacial score (nSPS) is 12.2. The summed E-state index contributed by atoms with van der Waals surface area (Å²) in [6.07, 6.45) is 2.86. The van der Waals surface area contributed by atoms with Crippen LogP contribution in [0.1, 0.15) is 22.9 Å². The van der Waals surface area contributed by atoms with Crippen LogP contribution in [0.5, 0.6) is 0 Å². The quantitative estimate of drug-likeness (QED) is 0.300. The number of halogens is 2. The Labute approximate surface area is 205 Å². The van der Waals surface area contributed by atoms with Crippen LogP contribution in [0.4, 0.5) is 20.3 Å². The van der Waals surface area contributed by atoms with Gasteiger partial charge < -0.3 is 15.3 Å². The Hall–Kier alpha value is -4.51. The van der Waals surface area contributed by atoms with Crippen LogP contribution >= 0.6 is 0 Å². The molecule has 0 radical (unpaired) electrons. The molecule has 1 amide bonds. The van der Waals surface area contributed by atoms with Gasteiger partial charge in [-0.05, 0) is 54.5 Å². The Balaban J connectivity index is 1.68. The number of aryl methyl sites for hydroxylation is 1. The van der Waals surface area contributed by atoms with Crippen molar-refractivity contribution in [3.63, 3.8) is 0 Å². The summed E-state index contributed by atoms with van der Waals surface area (Å²) in [7, 11) is 3.68. The lowest BCUT2D eigenvalue weighted by molar-refractivity contribution is -0.124. The number of benzene rings is 2. The minimum Gasteiger partial charge on any atom is -0.378 e. The molecule has 0 bridgehead atoms. The zero-order chi connectivity index (χ0) is 26.0. The lowest BCUT2D eigenvalue weighted by atomic mass is 10.1. The molecule has 4 rings (SSSR count). The van der Waals surface area contributed by atoms with Crippen molar-refractivity contribution in [2.24, 2.45) is 4.99 Å². The summed E-state index contributed by atoms with van der Waals surface area (Å²) in [5, 5.41) is 17.4. The van der Waals surface area contributed by atoms with Gasteiger partial charge in [-0.2, -0.15) is 5.10 Å².